The Morgan fingerprint density at radius 3 is 2.30 bits per heavy atom. The van der Waals surface area contributed by atoms with E-state index in [1.54, 1.807) is 6.92 Å². The molecule has 2 aliphatic carbocycles. The van der Waals surface area contributed by atoms with Gasteiger partial charge in [-0.3, -0.25) is 24.0 Å². The number of hydrogen-bond acceptors (Lipinski definition) is 15. The number of nitrogens with zero attached hydrogens (tertiary/aromatic N) is 2. The van der Waals surface area contributed by atoms with Crippen LogP contribution in [0.15, 0.2) is 59.7 Å². The summed E-state index contributed by atoms with van der Waals surface area (Å²) in [6, 6.07) is 9.48. The predicted octanol–water partition coefficient (Wildman–Crippen LogP) is 0.482. The molecule has 0 spiro atoms. The van der Waals surface area contributed by atoms with Crippen molar-refractivity contribution in [2.24, 2.45) is 10.8 Å². The smallest absolute Gasteiger partial charge is 0.258 e. The first kappa shape index (κ1) is 41.3. The molecule has 0 radical (unpaired) electrons. The van der Waals surface area contributed by atoms with Gasteiger partial charge in [0.1, 0.15) is 17.1 Å². The van der Waals surface area contributed by atoms with Gasteiger partial charge in [-0.2, -0.15) is 5.10 Å². The normalized spacial score (nSPS) is 25.5. The second-order valence-electron chi connectivity index (χ2n) is 14.1. The van der Waals surface area contributed by atoms with Crippen LogP contribution >= 0.6 is 12.4 Å². The minimum Gasteiger partial charge on any atom is -0.507 e. The molecule has 0 bridgehead atoms. The Hall–Kier alpha value is -5.37. The third-order valence-electron chi connectivity index (χ3n) is 10.6. The third-order valence-corrected chi connectivity index (χ3v) is 10.6. The number of aromatic hydroxyl groups is 2. The standard InChI is InChI=1S/C39H38N4O13.ClH/c1-17-34(49)23(40)12-29(55-17)56-24-14-39(54,25(16-45)41-42-26(46)11-18-5-7-20(8-6-18)43-27(47)9-10-28(43)48)13-22-31(24)38(53)33-32(36(22)51)35(50)21-4-2-3-19(15-44)30(21)37(33)52;/h2-10,17,23-24,29,34,44-45,49,51,53-54H,11-16,40H2,1H3,(H,42,46);1H/b41-25+;/t17?,23-,24+,29+,34+,39+;/m1./s1. The fourth-order valence-corrected chi connectivity index (χ4v) is 7.73. The zero-order valence-electron chi connectivity index (χ0n) is 30.2. The highest BCUT2D eigenvalue weighted by Crippen LogP contribution is 2.52. The number of phenols is 2. The van der Waals surface area contributed by atoms with Crippen molar-refractivity contribution in [3.8, 4) is 11.5 Å². The number of nitrogens with two attached hydrogens (primary N) is 1. The Kier molecular flexibility index (Phi) is 11.5. The van der Waals surface area contributed by atoms with Gasteiger partial charge in [-0.05, 0) is 30.2 Å². The zero-order chi connectivity index (χ0) is 40.2. The third kappa shape index (κ3) is 7.24. The minimum atomic E-state index is -2.21. The van der Waals surface area contributed by atoms with Crippen molar-refractivity contribution in [2.45, 2.75) is 75.5 Å². The molecule has 0 aromatic heterocycles. The molecule has 7 rings (SSSR count). The average molecular weight is 807 g/mol. The van der Waals surface area contributed by atoms with E-state index in [2.05, 4.69) is 10.5 Å². The van der Waals surface area contributed by atoms with Crippen LogP contribution in [0.4, 0.5) is 5.69 Å². The SMILES string of the molecule is CC1O[C@@H](O[C@H]2C[C@](O)(/C(CO)=N/NC(=O)Cc3ccc(N4C(=O)C=CC4=O)cc3)Cc3c(O)c4c(c(O)c32)C(=O)c2c(CO)cccc2C4=O)C[C@@H](N)[C@H]1O.Cl. The summed E-state index contributed by atoms with van der Waals surface area (Å²) in [5.41, 5.74) is 5.00. The number of halogens is 1. The molecule has 2 heterocycles. The second kappa shape index (κ2) is 15.9. The number of ether oxygens (including phenoxy) is 2. The van der Waals surface area contributed by atoms with Gasteiger partial charge in [-0.15, -0.1) is 12.4 Å². The van der Waals surface area contributed by atoms with Crippen LogP contribution in [0.2, 0.25) is 0 Å². The van der Waals surface area contributed by atoms with E-state index in [1.807, 2.05) is 0 Å². The maximum absolute atomic E-state index is 14.0. The van der Waals surface area contributed by atoms with Crippen LogP contribution < -0.4 is 16.1 Å². The minimum absolute atomic E-state index is 0. The lowest BCUT2D eigenvalue weighted by Gasteiger charge is -2.43. The van der Waals surface area contributed by atoms with Gasteiger partial charge >= 0.3 is 0 Å². The lowest BCUT2D eigenvalue weighted by atomic mass is 9.71. The first-order valence-corrected chi connectivity index (χ1v) is 17.7. The maximum Gasteiger partial charge on any atom is 0.258 e. The van der Waals surface area contributed by atoms with Crippen LogP contribution in [0.5, 0.6) is 11.5 Å². The molecule has 300 valence electrons. The summed E-state index contributed by atoms with van der Waals surface area (Å²) in [6.07, 6.45) is -3.47. The Morgan fingerprint density at radius 1 is 1.00 bits per heavy atom. The number of hydrazone groups is 1. The number of rotatable bonds is 9. The van der Waals surface area contributed by atoms with Crippen molar-refractivity contribution in [3.63, 3.8) is 0 Å². The van der Waals surface area contributed by atoms with Gasteiger partial charge < -0.3 is 45.8 Å². The van der Waals surface area contributed by atoms with E-state index in [-0.39, 0.29) is 58.8 Å². The molecule has 2 aliphatic heterocycles. The van der Waals surface area contributed by atoms with Gasteiger partial charge in [0.2, 0.25) is 5.91 Å². The highest BCUT2D eigenvalue weighted by Gasteiger charge is 2.49. The zero-order valence-corrected chi connectivity index (χ0v) is 31.1. The number of benzene rings is 3. The number of carbonyl (C=O) groups excluding carboxylic acids is 5. The molecule has 0 saturated carbocycles. The number of fused-ring (bicyclic) bond motifs is 3. The van der Waals surface area contributed by atoms with Crippen molar-refractivity contribution in [2.75, 3.05) is 11.5 Å². The van der Waals surface area contributed by atoms with Crippen LogP contribution in [-0.2, 0) is 43.3 Å². The number of anilines is 1. The number of imide groups is 1. The number of amides is 3. The van der Waals surface area contributed by atoms with E-state index in [4.69, 9.17) is 15.2 Å². The number of ketones is 2. The number of phenolic OH excluding ortho intramolecular Hbond substituents is 2. The number of hydrogen-bond donors (Lipinski definition) is 8. The first-order valence-electron chi connectivity index (χ1n) is 17.7. The van der Waals surface area contributed by atoms with E-state index in [9.17, 15) is 54.6 Å². The van der Waals surface area contributed by atoms with E-state index >= 15 is 0 Å². The molecule has 3 aromatic rings. The molecule has 1 fully saturated rings. The van der Waals surface area contributed by atoms with Gasteiger partial charge in [0.15, 0.2) is 17.9 Å². The Morgan fingerprint density at radius 2 is 1.67 bits per heavy atom. The molecular formula is C39H39ClN4O13. The lowest BCUT2D eigenvalue weighted by molar-refractivity contribution is -0.245. The number of aliphatic hydroxyl groups is 4. The largest absolute Gasteiger partial charge is 0.507 e. The van der Waals surface area contributed by atoms with Crippen molar-refractivity contribution < 1.29 is 64.1 Å². The molecule has 17 nitrogen and oxygen atoms in total. The van der Waals surface area contributed by atoms with Crippen LogP contribution in [0, 0.1) is 0 Å². The summed E-state index contributed by atoms with van der Waals surface area (Å²) >= 11 is 0. The summed E-state index contributed by atoms with van der Waals surface area (Å²) in [5, 5.41) is 70.6. The van der Waals surface area contributed by atoms with Gasteiger partial charge in [0.05, 0.1) is 60.5 Å². The van der Waals surface area contributed by atoms with Crippen LogP contribution in [0.25, 0.3) is 0 Å². The summed E-state index contributed by atoms with van der Waals surface area (Å²) in [5.74, 6) is -4.83. The molecule has 4 aliphatic rings. The van der Waals surface area contributed by atoms with Crippen LogP contribution in [0.1, 0.15) is 80.0 Å². The molecule has 6 atom stereocenters. The second-order valence-corrected chi connectivity index (χ2v) is 14.1. The highest BCUT2D eigenvalue weighted by atomic mass is 35.5. The monoisotopic (exact) mass is 806 g/mol. The van der Waals surface area contributed by atoms with E-state index < -0.39 is 114 Å². The quantitative estimate of drug-likeness (QED) is 0.0495. The molecule has 1 saturated heterocycles. The van der Waals surface area contributed by atoms with E-state index in [0.717, 1.165) is 17.1 Å². The average Bonchev–Trinajstić information content (AvgIpc) is 3.50. The summed E-state index contributed by atoms with van der Waals surface area (Å²) in [4.78, 5) is 65.8. The summed E-state index contributed by atoms with van der Waals surface area (Å²) < 4.78 is 12.1. The van der Waals surface area contributed by atoms with Gasteiger partial charge in [-0.25, -0.2) is 10.3 Å². The molecule has 3 aromatic carbocycles. The molecule has 1 unspecified atom stereocenters. The number of aliphatic hydroxyl groups excluding tert-OH is 3. The van der Waals surface area contributed by atoms with E-state index in [0.29, 0.717) is 11.3 Å². The summed E-state index contributed by atoms with van der Waals surface area (Å²) in [7, 11) is 0. The topological polar surface area (TPSA) is 279 Å². The number of carbonyl (C=O) groups is 5. The van der Waals surface area contributed by atoms with E-state index in [1.165, 1.54) is 42.5 Å². The summed E-state index contributed by atoms with van der Waals surface area (Å²) in [6.45, 7) is 0.0517. The first-order chi connectivity index (χ1) is 26.7. The Balaban J connectivity index is 0.00000549. The number of nitrogens with one attached hydrogen (secondary N) is 1. The van der Waals surface area contributed by atoms with Crippen LogP contribution in [-0.4, -0.2) is 102 Å². The van der Waals surface area contributed by atoms with Gasteiger partial charge in [-0.1, -0.05) is 30.3 Å². The fourth-order valence-electron chi connectivity index (χ4n) is 7.73. The van der Waals surface area contributed by atoms with Crippen molar-refractivity contribution >= 4 is 53.1 Å². The van der Waals surface area contributed by atoms with Crippen molar-refractivity contribution in [3.05, 3.63) is 99.1 Å². The molecular weight excluding hydrogens is 768 g/mol. The van der Waals surface area contributed by atoms with Crippen LogP contribution in [0.3, 0.4) is 0 Å². The maximum atomic E-state index is 14.0. The molecule has 57 heavy (non-hydrogen) atoms. The fraction of sp³-hybridized carbons (Fsp3) is 0.333. The van der Waals surface area contributed by atoms with Gasteiger partial charge in [0.25, 0.3) is 11.8 Å². The Bertz CT molecular complexity index is 2210. The van der Waals surface area contributed by atoms with Crippen molar-refractivity contribution in [1.82, 2.24) is 5.43 Å². The Labute approximate surface area is 330 Å². The molecule has 9 N–H and O–H groups in total. The molecule has 3 amide bonds. The lowest BCUT2D eigenvalue weighted by Crippen LogP contribution is -2.53. The van der Waals surface area contributed by atoms with Gasteiger partial charge in [0, 0.05) is 59.7 Å². The highest BCUT2D eigenvalue weighted by molar-refractivity contribution is 6.31. The molecule has 18 heteroatoms. The van der Waals surface area contributed by atoms with Crippen molar-refractivity contribution in [1.29, 1.82) is 0 Å². The predicted molar refractivity (Wildman–Crippen MR) is 201 cm³/mol.